The number of benzene rings is 1. The van der Waals surface area contributed by atoms with Crippen LogP contribution in [0.2, 0.25) is 0 Å². The van der Waals surface area contributed by atoms with Gasteiger partial charge in [-0.05, 0) is 45.2 Å². The van der Waals surface area contributed by atoms with Crippen molar-refractivity contribution < 1.29 is 4.74 Å². The topological polar surface area (TPSA) is 52.1 Å². The Labute approximate surface area is 177 Å². The molecule has 0 saturated carbocycles. The molecule has 1 saturated heterocycles. The first-order valence-electron chi connectivity index (χ1n) is 11.1. The molecule has 0 aliphatic carbocycles. The van der Waals surface area contributed by atoms with Gasteiger partial charge >= 0.3 is 0 Å². The molecule has 0 unspecified atom stereocenters. The predicted molar refractivity (Wildman–Crippen MR) is 122 cm³/mol. The van der Waals surface area contributed by atoms with Gasteiger partial charge in [0.1, 0.15) is 0 Å². The van der Waals surface area contributed by atoms with Crippen LogP contribution in [-0.2, 0) is 17.8 Å². The van der Waals surface area contributed by atoms with E-state index in [0.717, 1.165) is 64.9 Å². The van der Waals surface area contributed by atoms with Crippen LogP contribution in [0.5, 0.6) is 0 Å². The Morgan fingerprint density at radius 2 is 1.72 bits per heavy atom. The molecule has 1 aliphatic heterocycles. The maximum Gasteiger partial charge on any atom is 0.191 e. The molecular weight excluding hydrogens is 362 g/mol. The zero-order valence-electron chi connectivity index (χ0n) is 19.1. The van der Waals surface area contributed by atoms with Gasteiger partial charge < -0.3 is 15.4 Å². The van der Waals surface area contributed by atoms with E-state index in [0.29, 0.717) is 12.1 Å². The molecule has 164 valence electrons. The van der Waals surface area contributed by atoms with Crippen LogP contribution in [0.3, 0.4) is 0 Å². The Balaban J connectivity index is 1.79. The van der Waals surface area contributed by atoms with Crippen molar-refractivity contribution in [1.29, 1.82) is 0 Å². The quantitative estimate of drug-likeness (QED) is 0.357. The summed E-state index contributed by atoms with van der Waals surface area (Å²) < 4.78 is 5.47. The van der Waals surface area contributed by atoms with E-state index in [1.54, 1.807) is 0 Å². The van der Waals surface area contributed by atoms with Gasteiger partial charge in [-0.3, -0.25) is 14.8 Å². The fourth-order valence-electron chi connectivity index (χ4n) is 3.87. The van der Waals surface area contributed by atoms with Crippen molar-refractivity contribution >= 4 is 5.96 Å². The van der Waals surface area contributed by atoms with Gasteiger partial charge in [-0.1, -0.05) is 24.3 Å². The van der Waals surface area contributed by atoms with Crippen LogP contribution in [0.15, 0.2) is 29.3 Å². The number of guanidine groups is 1. The number of nitrogens with zero attached hydrogens (tertiary/aromatic N) is 3. The highest BCUT2D eigenvalue weighted by Gasteiger charge is 2.14. The van der Waals surface area contributed by atoms with E-state index in [9.17, 15) is 0 Å². The summed E-state index contributed by atoms with van der Waals surface area (Å²) in [7, 11) is 1.84. The molecule has 1 fully saturated rings. The van der Waals surface area contributed by atoms with Crippen LogP contribution >= 0.6 is 0 Å². The first-order chi connectivity index (χ1) is 14.0. The van der Waals surface area contributed by atoms with Crippen molar-refractivity contribution in [2.45, 2.75) is 59.3 Å². The number of aliphatic imine (C=N–C) groups is 1. The molecule has 1 aromatic carbocycles. The van der Waals surface area contributed by atoms with Gasteiger partial charge in [0, 0.05) is 58.4 Å². The summed E-state index contributed by atoms with van der Waals surface area (Å²) in [5.74, 6) is 0.867. The number of nitrogens with one attached hydrogen (secondary N) is 2. The van der Waals surface area contributed by atoms with E-state index in [2.05, 4.69) is 77.4 Å². The molecule has 0 bridgehead atoms. The third-order valence-corrected chi connectivity index (χ3v) is 5.50. The lowest BCUT2D eigenvalue weighted by Gasteiger charge is -2.30. The van der Waals surface area contributed by atoms with E-state index < -0.39 is 0 Å². The Morgan fingerprint density at radius 3 is 2.34 bits per heavy atom. The minimum Gasteiger partial charge on any atom is -0.379 e. The third kappa shape index (κ3) is 8.33. The monoisotopic (exact) mass is 403 g/mol. The molecule has 29 heavy (non-hydrogen) atoms. The number of ether oxygens (including phenoxy) is 1. The van der Waals surface area contributed by atoms with Crippen molar-refractivity contribution in [2.24, 2.45) is 4.99 Å². The maximum atomic E-state index is 5.47. The van der Waals surface area contributed by atoms with Crippen molar-refractivity contribution in [3.63, 3.8) is 0 Å². The van der Waals surface area contributed by atoms with Crippen LogP contribution in [0.25, 0.3) is 0 Å². The summed E-state index contributed by atoms with van der Waals surface area (Å²) in [5, 5.41) is 6.94. The molecule has 2 N–H and O–H groups in total. The third-order valence-electron chi connectivity index (χ3n) is 5.50. The van der Waals surface area contributed by atoms with Crippen LogP contribution < -0.4 is 10.6 Å². The summed E-state index contributed by atoms with van der Waals surface area (Å²) in [6.45, 7) is 16.5. The molecule has 0 amide bonds. The van der Waals surface area contributed by atoms with E-state index in [1.807, 2.05) is 7.05 Å². The minimum absolute atomic E-state index is 0.579. The average molecular weight is 404 g/mol. The fourth-order valence-corrected chi connectivity index (χ4v) is 3.87. The lowest BCUT2D eigenvalue weighted by Crippen LogP contribution is -2.41. The second kappa shape index (κ2) is 12.8. The number of hydrogen-bond donors (Lipinski definition) is 2. The highest BCUT2D eigenvalue weighted by Crippen LogP contribution is 2.13. The van der Waals surface area contributed by atoms with Crippen LogP contribution in [0, 0.1) is 0 Å². The van der Waals surface area contributed by atoms with Gasteiger partial charge in [-0.15, -0.1) is 0 Å². The van der Waals surface area contributed by atoms with Crippen molar-refractivity contribution in [1.82, 2.24) is 20.4 Å². The Kier molecular flexibility index (Phi) is 10.5. The van der Waals surface area contributed by atoms with Gasteiger partial charge in [-0.2, -0.15) is 0 Å². The molecule has 0 radical (unpaired) electrons. The summed E-state index contributed by atoms with van der Waals surface area (Å²) in [6.07, 6.45) is 1.10. The second-order valence-electron chi connectivity index (χ2n) is 8.29. The molecule has 0 atom stereocenters. The summed E-state index contributed by atoms with van der Waals surface area (Å²) in [6, 6.07) is 9.84. The highest BCUT2D eigenvalue weighted by atomic mass is 16.5. The summed E-state index contributed by atoms with van der Waals surface area (Å²) in [4.78, 5) is 9.38. The summed E-state index contributed by atoms with van der Waals surface area (Å²) in [5.41, 5.74) is 2.70. The fraction of sp³-hybridized carbons (Fsp3) is 0.696. The predicted octanol–water partition coefficient (Wildman–Crippen LogP) is 2.69. The van der Waals surface area contributed by atoms with Gasteiger partial charge in [0.25, 0.3) is 0 Å². The normalized spacial score (nSPS) is 16.1. The van der Waals surface area contributed by atoms with E-state index in [1.165, 1.54) is 11.1 Å². The van der Waals surface area contributed by atoms with Gasteiger partial charge in [0.2, 0.25) is 0 Å². The summed E-state index contributed by atoms with van der Waals surface area (Å²) >= 11 is 0. The Hall–Kier alpha value is -1.63. The Bertz CT molecular complexity index is 603. The molecule has 6 nitrogen and oxygen atoms in total. The highest BCUT2D eigenvalue weighted by molar-refractivity contribution is 5.79. The first kappa shape index (κ1) is 23.6. The van der Waals surface area contributed by atoms with E-state index in [-0.39, 0.29) is 0 Å². The number of rotatable bonds is 10. The smallest absolute Gasteiger partial charge is 0.191 e. The molecule has 6 heteroatoms. The van der Waals surface area contributed by atoms with Crippen LogP contribution in [0.1, 0.15) is 45.2 Å². The average Bonchev–Trinajstić information content (AvgIpc) is 2.71. The van der Waals surface area contributed by atoms with Gasteiger partial charge in [-0.25, -0.2) is 0 Å². The SMILES string of the molecule is CN=C(NCCCN(C(C)C)C(C)C)NCc1ccccc1CN1CCOCC1. The zero-order valence-corrected chi connectivity index (χ0v) is 19.1. The first-order valence-corrected chi connectivity index (χ1v) is 11.1. The van der Waals surface area contributed by atoms with E-state index >= 15 is 0 Å². The van der Waals surface area contributed by atoms with Gasteiger partial charge in [0.05, 0.1) is 13.2 Å². The molecule has 1 heterocycles. The molecule has 0 spiro atoms. The van der Waals surface area contributed by atoms with Crippen LogP contribution in [-0.4, -0.2) is 74.3 Å². The molecule has 1 aromatic rings. The molecular formula is C23H41N5O. The second-order valence-corrected chi connectivity index (χ2v) is 8.29. The van der Waals surface area contributed by atoms with Crippen molar-refractivity contribution in [3.8, 4) is 0 Å². The molecule has 2 rings (SSSR count). The number of morpholine rings is 1. The Morgan fingerprint density at radius 1 is 1.07 bits per heavy atom. The minimum atomic E-state index is 0.579. The standard InChI is InChI=1S/C23H41N5O/c1-19(2)28(20(3)4)12-8-11-25-23(24-5)26-17-21-9-6-7-10-22(21)18-27-13-15-29-16-14-27/h6-7,9-10,19-20H,8,11-18H2,1-5H3,(H2,24,25,26). The molecule has 1 aliphatic rings. The molecule has 0 aromatic heterocycles. The largest absolute Gasteiger partial charge is 0.379 e. The number of hydrogen-bond acceptors (Lipinski definition) is 4. The van der Waals surface area contributed by atoms with Crippen molar-refractivity contribution in [3.05, 3.63) is 35.4 Å². The lowest BCUT2D eigenvalue weighted by atomic mass is 10.1. The maximum absolute atomic E-state index is 5.47. The van der Waals surface area contributed by atoms with E-state index in [4.69, 9.17) is 4.74 Å². The lowest BCUT2D eigenvalue weighted by molar-refractivity contribution is 0.0341. The van der Waals surface area contributed by atoms with Gasteiger partial charge in [0.15, 0.2) is 5.96 Å². The zero-order chi connectivity index (χ0) is 21.1. The van der Waals surface area contributed by atoms with Crippen LogP contribution in [0.4, 0.5) is 0 Å². The van der Waals surface area contributed by atoms with Crippen molar-refractivity contribution in [2.75, 3.05) is 46.4 Å².